The van der Waals surface area contributed by atoms with Crippen LogP contribution in [0.3, 0.4) is 0 Å². The highest BCUT2D eigenvalue weighted by Crippen LogP contribution is 2.31. The Morgan fingerprint density at radius 2 is 1.79 bits per heavy atom. The molecular weight excluding hydrogens is 308 g/mol. The third-order valence-electron chi connectivity index (χ3n) is 5.35. The van der Waals surface area contributed by atoms with Gasteiger partial charge in [-0.2, -0.15) is 5.26 Å². The van der Waals surface area contributed by atoms with Gasteiger partial charge in [0.15, 0.2) is 0 Å². The van der Waals surface area contributed by atoms with E-state index in [2.05, 4.69) is 11.4 Å². The van der Waals surface area contributed by atoms with E-state index in [1.54, 1.807) is 4.90 Å². The van der Waals surface area contributed by atoms with E-state index in [0.717, 1.165) is 32.1 Å². The van der Waals surface area contributed by atoms with Gasteiger partial charge < -0.3 is 16.0 Å². The number of hydrogen-bond donors (Lipinski definition) is 2. The summed E-state index contributed by atoms with van der Waals surface area (Å²) in [7, 11) is 0. The molecule has 0 radical (unpaired) electrons. The Kier molecular flexibility index (Phi) is 5.81. The normalized spacial score (nSPS) is 22.2. The summed E-state index contributed by atoms with van der Waals surface area (Å²) in [5.74, 6) is -2.00. The van der Waals surface area contributed by atoms with E-state index >= 15 is 0 Å². The van der Waals surface area contributed by atoms with Crippen LogP contribution in [0.5, 0.6) is 0 Å². The van der Waals surface area contributed by atoms with E-state index in [-0.39, 0.29) is 11.8 Å². The monoisotopic (exact) mass is 334 g/mol. The highest BCUT2D eigenvalue weighted by atomic mass is 16.2. The maximum atomic E-state index is 12.7. The van der Waals surface area contributed by atoms with Gasteiger partial charge in [-0.25, -0.2) is 0 Å². The minimum atomic E-state index is -1.02. The average molecular weight is 334 g/mol. The number of carbonyl (C=O) groups excluding carboxylic acids is 3. The number of piperidine rings is 1. The number of nitrogens with zero attached hydrogens (tertiary/aromatic N) is 2. The summed E-state index contributed by atoms with van der Waals surface area (Å²) in [5.41, 5.74) is 4.46. The summed E-state index contributed by atoms with van der Waals surface area (Å²) >= 11 is 0. The van der Waals surface area contributed by atoms with Gasteiger partial charge in [0, 0.05) is 32.9 Å². The molecule has 7 heteroatoms. The molecule has 0 bridgehead atoms. The van der Waals surface area contributed by atoms with Crippen molar-refractivity contribution in [1.82, 2.24) is 10.2 Å². The van der Waals surface area contributed by atoms with Crippen molar-refractivity contribution in [2.75, 3.05) is 13.1 Å². The summed E-state index contributed by atoms with van der Waals surface area (Å²) in [6, 6.07) is 2.18. The lowest BCUT2D eigenvalue weighted by molar-refractivity contribution is -0.137. The summed E-state index contributed by atoms with van der Waals surface area (Å²) < 4.78 is 0. The largest absolute Gasteiger partial charge is 0.369 e. The number of likely N-dealkylation sites (tertiary alicyclic amines) is 1. The number of carbonyl (C=O) groups is 3. The Bertz CT molecular complexity index is 541. The number of nitriles is 1. The zero-order chi connectivity index (χ0) is 17.7. The van der Waals surface area contributed by atoms with Crippen LogP contribution in [0.15, 0.2) is 0 Å². The standard InChI is InChI=1S/C17H26N4O3/c1-12(22)21-9-7-17(11-18,8-10-21)20-16(24)14(15(19)23)13-5-3-2-4-6-13/h13-14H,2-10H2,1H3,(H2,19,23)(H,20,24). The van der Waals surface area contributed by atoms with Crippen LogP contribution in [0.4, 0.5) is 0 Å². The molecule has 0 aromatic heterocycles. The zero-order valence-corrected chi connectivity index (χ0v) is 14.2. The molecule has 0 aromatic carbocycles. The molecule has 132 valence electrons. The third-order valence-corrected chi connectivity index (χ3v) is 5.35. The van der Waals surface area contributed by atoms with Gasteiger partial charge in [-0.1, -0.05) is 19.3 Å². The Hall–Kier alpha value is -2.10. The van der Waals surface area contributed by atoms with Crippen LogP contribution in [0.1, 0.15) is 51.9 Å². The SMILES string of the molecule is CC(=O)N1CCC(C#N)(NC(=O)C(C(N)=O)C2CCCCC2)CC1. The molecule has 24 heavy (non-hydrogen) atoms. The van der Waals surface area contributed by atoms with E-state index in [4.69, 9.17) is 5.73 Å². The Balaban J connectivity index is 2.06. The number of nitrogens with two attached hydrogens (primary N) is 1. The fraction of sp³-hybridized carbons (Fsp3) is 0.765. The van der Waals surface area contributed by atoms with Crippen LogP contribution in [0.2, 0.25) is 0 Å². The summed E-state index contributed by atoms with van der Waals surface area (Å²) in [5, 5.41) is 12.3. The summed E-state index contributed by atoms with van der Waals surface area (Å²) in [4.78, 5) is 37.6. The van der Waals surface area contributed by atoms with Gasteiger partial charge in [-0.3, -0.25) is 14.4 Å². The second-order valence-corrected chi connectivity index (χ2v) is 6.97. The van der Waals surface area contributed by atoms with Gasteiger partial charge in [0.1, 0.15) is 11.5 Å². The number of rotatable bonds is 4. The molecule has 1 atom stereocenters. The van der Waals surface area contributed by atoms with E-state index < -0.39 is 23.3 Å². The van der Waals surface area contributed by atoms with Crippen LogP contribution >= 0.6 is 0 Å². The first kappa shape index (κ1) is 18.2. The van der Waals surface area contributed by atoms with Crippen LogP contribution in [-0.4, -0.2) is 41.2 Å². The van der Waals surface area contributed by atoms with Crippen molar-refractivity contribution in [3.8, 4) is 6.07 Å². The van der Waals surface area contributed by atoms with Gasteiger partial charge >= 0.3 is 0 Å². The average Bonchev–Trinajstić information content (AvgIpc) is 2.56. The van der Waals surface area contributed by atoms with E-state index in [9.17, 15) is 19.6 Å². The van der Waals surface area contributed by atoms with E-state index in [1.807, 2.05) is 0 Å². The lowest BCUT2D eigenvalue weighted by atomic mass is 9.78. The van der Waals surface area contributed by atoms with Crippen molar-refractivity contribution in [1.29, 1.82) is 5.26 Å². The summed E-state index contributed by atoms with van der Waals surface area (Å²) in [6.45, 7) is 2.34. The molecule has 3 amide bonds. The molecule has 0 aromatic rings. The molecule has 1 saturated carbocycles. The Morgan fingerprint density at radius 3 is 2.25 bits per heavy atom. The number of primary amides is 1. The Labute approximate surface area is 142 Å². The number of hydrogen-bond acceptors (Lipinski definition) is 4. The number of nitrogens with one attached hydrogen (secondary N) is 1. The molecule has 3 N–H and O–H groups in total. The van der Waals surface area contributed by atoms with Crippen molar-refractivity contribution in [2.24, 2.45) is 17.6 Å². The van der Waals surface area contributed by atoms with Gasteiger partial charge in [0.2, 0.25) is 17.7 Å². The predicted molar refractivity (Wildman–Crippen MR) is 87.2 cm³/mol. The van der Waals surface area contributed by atoms with Crippen molar-refractivity contribution >= 4 is 17.7 Å². The van der Waals surface area contributed by atoms with Crippen LogP contribution in [-0.2, 0) is 14.4 Å². The molecule has 7 nitrogen and oxygen atoms in total. The molecule has 1 aliphatic carbocycles. The highest BCUT2D eigenvalue weighted by molar-refractivity contribution is 6.00. The molecule has 2 fully saturated rings. The zero-order valence-electron chi connectivity index (χ0n) is 14.2. The topological polar surface area (TPSA) is 116 Å². The van der Waals surface area contributed by atoms with E-state index in [0.29, 0.717) is 25.9 Å². The highest BCUT2D eigenvalue weighted by Gasteiger charge is 2.41. The smallest absolute Gasteiger partial charge is 0.234 e. The molecule has 2 rings (SSSR count). The second kappa shape index (κ2) is 7.65. The third kappa shape index (κ3) is 4.05. The first-order chi connectivity index (χ1) is 11.4. The van der Waals surface area contributed by atoms with Gasteiger partial charge in [-0.15, -0.1) is 0 Å². The quantitative estimate of drug-likeness (QED) is 0.736. The van der Waals surface area contributed by atoms with Crippen LogP contribution in [0.25, 0.3) is 0 Å². The molecular formula is C17H26N4O3. The van der Waals surface area contributed by atoms with Crippen molar-refractivity contribution in [3.05, 3.63) is 0 Å². The maximum absolute atomic E-state index is 12.7. The molecule has 2 aliphatic rings. The fourth-order valence-electron chi connectivity index (χ4n) is 3.82. The Morgan fingerprint density at radius 1 is 1.21 bits per heavy atom. The predicted octanol–water partition coefficient (Wildman–Crippen LogP) is 0.689. The second-order valence-electron chi connectivity index (χ2n) is 6.97. The van der Waals surface area contributed by atoms with Crippen molar-refractivity contribution < 1.29 is 14.4 Å². The molecule has 1 aliphatic heterocycles. The van der Waals surface area contributed by atoms with Gasteiger partial charge in [0.25, 0.3) is 0 Å². The maximum Gasteiger partial charge on any atom is 0.234 e. The van der Waals surface area contributed by atoms with Gasteiger partial charge in [0.05, 0.1) is 6.07 Å². The lowest BCUT2D eigenvalue weighted by Gasteiger charge is -2.38. The van der Waals surface area contributed by atoms with Crippen molar-refractivity contribution in [3.63, 3.8) is 0 Å². The molecule has 1 saturated heterocycles. The van der Waals surface area contributed by atoms with Crippen molar-refractivity contribution in [2.45, 2.75) is 57.4 Å². The molecule has 1 heterocycles. The molecule has 1 unspecified atom stereocenters. The van der Waals surface area contributed by atoms with Crippen LogP contribution < -0.4 is 11.1 Å². The first-order valence-corrected chi connectivity index (χ1v) is 8.67. The lowest BCUT2D eigenvalue weighted by Crippen LogP contribution is -2.58. The minimum absolute atomic E-state index is 0.0370. The fourth-order valence-corrected chi connectivity index (χ4v) is 3.82. The number of amides is 3. The molecule has 0 spiro atoms. The minimum Gasteiger partial charge on any atom is -0.369 e. The first-order valence-electron chi connectivity index (χ1n) is 8.67. The van der Waals surface area contributed by atoms with Crippen LogP contribution in [0, 0.1) is 23.2 Å². The van der Waals surface area contributed by atoms with Gasteiger partial charge in [-0.05, 0) is 18.8 Å². The summed E-state index contributed by atoms with van der Waals surface area (Å²) in [6.07, 6.45) is 5.48. The van der Waals surface area contributed by atoms with E-state index in [1.165, 1.54) is 6.92 Å².